The molecule has 6 rings (SSSR count). The van der Waals surface area contributed by atoms with Crippen LogP contribution in [0.2, 0.25) is 5.02 Å². The summed E-state index contributed by atoms with van der Waals surface area (Å²) in [6, 6.07) is 21.1. The predicted octanol–water partition coefficient (Wildman–Crippen LogP) is 3.29. The van der Waals surface area contributed by atoms with E-state index in [0.29, 0.717) is 59.6 Å². The molecule has 2 saturated heterocycles. The molecule has 9 atom stereocenters. The van der Waals surface area contributed by atoms with Crippen LogP contribution in [-0.4, -0.2) is 240 Å². The van der Waals surface area contributed by atoms with Gasteiger partial charge >= 0.3 is 0 Å². The third kappa shape index (κ3) is 21.2. The lowest BCUT2D eigenvalue weighted by atomic mass is 9.97. The number of benzene rings is 4. The molecule has 2 aliphatic rings. The highest BCUT2D eigenvalue weighted by molar-refractivity contribution is 6.30. The summed E-state index contributed by atoms with van der Waals surface area (Å²) in [5, 5.41) is 11.8. The Kier molecular flexibility index (Phi) is 28.3. The molecule has 0 bridgehead atoms. The number of likely N-dealkylation sites (N-methyl/N-ethyl adjacent to an activating group) is 7. The fourth-order valence-corrected chi connectivity index (χ4v) is 12.2. The Hall–Kier alpha value is -9.19. The van der Waals surface area contributed by atoms with Crippen LogP contribution in [-0.2, 0) is 83.2 Å². The van der Waals surface area contributed by atoms with Gasteiger partial charge in [-0.2, -0.15) is 0 Å². The summed E-state index contributed by atoms with van der Waals surface area (Å²) >= 11 is 6.25. The van der Waals surface area contributed by atoms with Crippen molar-refractivity contribution in [1.29, 1.82) is 0 Å². The molecule has 4 aromatic carbocycles. The highest BCUT2D eigenvalue weighted by Crippen LogP contribution is 2.22. The molecule has 24 nitrogen and oxygen atoms in total. The van der Waals surface area contributed by atoms with Gasteiger partial charge in [0, 0.05) is 93.1 Å². The van der Waals surface area contributed by atoms with Crippen molar-refractivity contribution in [2.75, 3.05) is 82.1 Å². The molecule has 0 unspecified atom stereocenters. The van der Waals surface area contributed by atoms with Gasteiger partial charge in [-0.1, -0.05) is 148 Å². The molecule has 0 spiro atoms. The van der Waals surface area contributed by atoms with Crippen LogP contribution in [0, 0.1) is 18.8 Å². The van der Waals surface area contributed by atoms with Crippen molar-refractivity contribution < 1.29 is 57.5 Å². The van der Waals surface area contributed by atoms with Crippen LogP contribution in [0.4, 0.5) is 0 Å². The molecule has 0 aliphatic carbocycles. The molecule has 2 heterocycles. The summed E-state index contributed by atoms with van der Waals surface area (Å²) in [7, 11) is 9.70. The molecule has 0 saturated carbocycles. The molecule has 0 radical (unpaired) electrons. The standard InChI is InChI=1S/C72H97ClN12O12/c1-14-47(5)63-72(97)80(9)43-61(88)78(7)44-62(89)82(11)57(40-51-30-32-53(73)33-31-51)70(95)79(8)42-59(86)74-54(38-52-29-23-24-46(4)36-52)66(91)75-55(37-49-25-17-15-18-26-49)68(93)83(12)58(39-50-27-19-16-20-28-50)71(96)84(13)64(45(2)3)67(92)76-56(69(94)85-34-21-22-35-85)41-60(87)81(10)48(6)65(90)77-63/h15-20,23-33,36,45,47-48,54-58,63-64H,14,21-22,34-35,37-44H2,1-13H3,(H,74,86)(H,75,91)(H,76,92)(H,77,90)/t47-,48-,54-,55-,56-,57-,58-,63-,64-/m0/s1. The van der Waals surface area contributed by atoms with Crippen molar-refractivity contribution in [2.45, 2.75) is 141 Å². The summed E-state index contributed by atoms with van der Waals surface area (Å²) in [5.74, 6) is -9.50. The molecule has 12 amide bonds. The van der Waals surface area contributed by atoms with E-state index in [0.717, 1.165) is 25.2 Å². The number of amides is 12. The van der Waals surface area contributed by atoms with Crippen LogP contribution in [0.3, 0.4) is 0 Å². The van der Waals surface area contributed by atoms with Gasteiger partial charge in [0.1, 0.15) is 48.3 Å². The fourth-order valence-electron chi connectivity index (χ4n) is 12.1. The Morgan fingerprint density at radius 1 is 0.505 bits per heavy atom. The smallest absolute Gasteiger partial charge is 0.246 e. The molecule has 97 heavy (non-hydrogen) atoms. The van der Waals surface area contributed by atoms with Gasteiger partial charge < -0.3 is 60.5 Å². The zero-order valence-corrected chi connectivity index (χ0v) is 59.0. The van der Waals surface area contributed by atoms with E-state index in [4.69, 9.17) is 11.6 Å². The first kappa shape index (κ1) is 76.8. The highest BCUT2D eigenvalue weighted by Gasteiger charge is 2.42. The Bertz CT molecular complexity index is 3440. The lowest BCUT2D eigenvalue weighted by Gasteiger charge is -2.38. The van der Waals surface area contributed by atoms with Crippen molar-refractivity contribution in [3.63, 3.8) is 0 Å². The Morgan fingerprint density at radius 2 is 1.04 bits per heavy atom. The second-order valence-corrected chi connectivity index (χ2v) is 26.6. The van der Waals surface area contributed by atoms with Gasteiger partial charge in [0.05, 0.1) is 26.1 Å². The van der Waals surface area contributed by atoms with Crippen molar-refractivity contribution in [3.8, 4) is 0 Å². The zero-order chi connectivity index (χ0) is 71.5. The maximum Gasteiger partial charge on any atom is 0.246 e. The number of likely N-dealkylation sites (tertiary alicyclic amines) is 1. The lowest BCUT2D eigenvalue weighted by Crippen LogP contribution is -2.61. The lowest BCUT2D eigenvalue weighted by molar-refractivity contribution is -0.150. The molecule has 524 valence electrons. The summed E-state index contributed by atoms with van der Waals surface area (Å²) in [6.45, 7) is 9.29. The quantitative estimate of drug-likeness (QED) is 0.159. The van der Waals surface area contributed by atoms with Gasteiger partial charge in [-0.25, -0.2) is 0 Å². The van der Waals surface area contributed by atoms with Crippen LogP contribution < -0.4 is 21.3 Å². The van der Waals surface area contributed by atoms with Crippen molar-refractivity contribution in [1.82, 2.24) is 60.5 Å². The largest absolute Gasteiger partial charge is 0.342 e. The third-order valence-electron chi connectivity index (χ3n) is 18.4. The molecular weight excluding hydrogens is 1260 g/mol. The van der Waals surface area contributed by atoms with Crippen molar-refractivity contribution in [2.24, 2.45) is 11.8 Å². The molecule has 2 aliphatic heterocycles. The van der Waals surface area contributed by atoms with Crippen LogP contribution in [0.15, 0.2) is 109 Å². The van der Waals surface area contributed by atoms with E-state index in [-0.39, 0.29) is 25.7 Å². The van der Waals surface area contributed by atoms with E-state index < -0.39 is 157 Å². The first-order chi connectivity index (χ1) is 45.9. The van der Waals surface area contributed by atoms with Crippen LogP contribution in [0.25, 0.3) is 0 Å². The van der Waals surface area contributed by atoms with E-state index in [1.165, 1.54) is 71.0 Å². The van der Waals surface area contributed by atoms with Gasteiger partial charge in [-0.15, -0.1) is 0 Å². The Balaban J connectivity index is 1.45. The molecule has 25 heteroatoms. The van der Waals surface area contributed by atoms with E-state index in [1.54, 1.807) is 123 Å². The summed E-state index contributed by atoms with van der Waals surface area (Å²) in [6.07, 6.45) is 0.885. The second kappa shape index (κ2) is 35.7. The first-order valence-corrected chi connectivity index (χ1v) is 33.4. The van der Waals surface area contributed by atoms with E-state index in [2.05, 4.69) is 21.3 Å². The highest BCUT2D eigenvalue weighted by atomic mass is 35.5. The minimum Gasteiger partial charge on any atom is -0.342 e. The SMILES string of the molecule is CC[C@H](C)[C@@H]1NC(=O)[C@H](C)N(C)C(=O)C[C@@H](C(=O)N2CCCC2)NC(=O)[C@H](C(C)C)N(C)C(=O)[C@H](Cc2ccccc2)N(C)C(=O)[C@H](Cc2ccccc2)NC(=O)[C@H](Cc2cccc(C)c2)NC(=O)CN(C)C(=O)[C@H](Cc2ccc(Cl)cc2)N(C)C(=O)CN(C)C(=O)CN(C)C1=O. The zero-order valence-electron chi connectivity index (χ0n) is 58.2. The number of carbonyl (C=O) groups is 12. The minimum absolute atomic E-state index is 0.0597. The average molecular weight is 1360 g/mol. The normalized spacial score (nSPS) is 23.5. The Morgan fingerprint density at radius 3 is 1.62 bits per heavy atom. The van der Waals surface area contributed by atoms with Gasteiger partial charge in [-0.3, -0.25) is 57.5 Å². The molecule has 4 aromatic rings. The minimum atomic E-state index is -1.47. The number of nitrogens with zero attached hydrogens (tertiary/aromatic N) is 8. The number of halogens is 1. The molecule has 0 aromatic heterocycles. The summed E-state index contributed by atoms with van der Waals surface area (Å²) in [5.41, 5.74) is 3.39. The van der Waals surface area contributed by atoms with Crippen molar-refractivity contribution in [3.05, 3.63) is 142 Å². The predicted molar refractivity (Wildman–Crippen MR) is 368 cm³/mol. The monoisotopic (exact) mass is 1360 g/mol. The molecular formula is C72H97ClN12O12. The van der Waals surface area contributed by atoms with E-state index >= 15 is 19.2 Å². The van der Waals surface area contributed by atoms with Gasteiger partial charge in [-0.05, 0) is 72.9 Å². The average Bonchev–Trinajstić information content (AvgIpc) is 0.925. The number of hydrogen-bond acceptors (Lipinski definition) is 12. The summed E-state index contributed by atoms with van der Waals surface area (Å²) in [4.78, 5) is 186. The van der Waals surface area contributed by atoms with Crippen LogP contribution in [0.1, 0.15) is 88.1 Å². The second-order valence-electron chi connectivity index (χ2n) is 26.2. The molecule has 2 fully saturated rings. The fraction of sp³-hybridized carbons (Fsp3) is 0.500. The number of carbonyl (C=O) groups excluding carboxylic acids is 12. The van der Waals surface area contributed by atoms with Gasteiger partial charge in [0.15, 0.2) is 0 Å². The number of hydrogen-bond donors (Lipinski definition) is 4. The summed E-state index contributed by atoms with van der Waals surface area (Å²) < 4.78 is 0. The Labute approximate surface area is 575 Å². The van der Waals surface area contributed by atoms with Crippen LogP contribution >= 0.6 is 11.6 Å². The number of nitrogens with one attached hydrogen (secondary N) is 4. The topological polar surface area (TPSA) is 279 Å². The van der Waals surface area contributed by atoms with Gasteiger partial charge in [0.2, 0.25) is 70.9 Å². The van der Waals surface area contributed by atoms with Crippen LogP contribution in [0.5, 0.6) is 0 Å². The van der Waals surface area contributed by atoms with Crippen molar-refractivity contribution >= 4 is 82.5 Å². The van der Waals surface area contributed by atoms with E-state index in [9.17, 15) is 38.4 Å². The third-order valence-corrected chi connectivity index (χ3v) is 18.7. The maximum atomic E-state index is 15.5. The van der Waals surface area contributed by atoms with E-state index in [1.807, 2.05) is 26.0 Å². The maximum absolute atomic E-state index is 15.5. The van der Waals surface area contributed by atoms with Gasteiger partial charge in [0.25, 0.3) is 0 Å². The first-order valence-electron chi connectivity index (χ1n) is 33.1. The number of aryl methyl sites for hydroxylation is 1. The number of rotatable bonds is 12. The molecule has 4 N–H and O–H groups in total.